The molecular formula is C22H28N2O4S. The minimum atomic E-state index is -3.69. The summed E-state index contributed by atoms with van der Waals surface area (Å²) in [5.41, 5.74) is 1.39. The van der Waals surface area contributed by atoms with Crippen LogP contribution in [0.4, 0.5) is 5.69 Å². The van der Waals surface area contributed by atoms with E-state index in [0.717, 1.165) is 31.2 Å². The van der Waals surface area contributed by atoms with Gasteiger partial charge in [-0.3, -0.25) is 9.52 Å². The van der Waals surface area contributed by atoms with Gasteiger partial charge in [0, 0.05) is 6.04 Å². The summed E-state index contributed by atoms with van der Waals surface area (Å²) in [6.45, 7) is 1.76. The number of hydrogen-bond acceptors (Lipinski definition) is 4. The number of sulfonamides is 1. The number of ether oxygens (including phenoxy) is 1. The second-order valence-electron chi connectivity index (χ2n) is 7.44. The number of nitrogens with one attached hydrogen (secondary N) is 2. The van der Waals surface area contributed by atoms with Crippen LogP contribution in [-0.2, 0) is 14.8 Å². The Morgan fingerprint density at radius 3 is 2.31 bits per heavy atom. The van der Waals surface area contributed by atoms with Crippen LogP contribution in [0, 0.1) is 6.92 Å². The van der Waals surface area contributed by atoms with Crippen molar-refractivity contribution >= 4 is 21.6 Å². The maximum Gasteiger partial charge on any atom is 0.261 e. The third-order valence-corrected chi connectivity index (χ3v) is 6.50. The van der Waals surface area contributed by atoms with Crippen molar-refractivity contribution < 1.29 is 17.9 Å². The molecule has 2 aromatic carbocycles. The average Bonchev–Trinajstić information content (AvgIpc) is 2.97. The fourth-order valence-corrected chi connectivity index (χ4v) is 4.58. The largest absolute Gasteiger partial charge is 0.484 e. The lowest BCUT2D eigenvalue weighted by Crippen LogP contribution is -2.37. The lowest BCUT2D eigenvalue weighted by molar-refractivity contribution is -0.123. The molecule has 1 fully saturated rings. The fraction of sp³-hybridized carbons (Fsp3) is 0.409. The van der Waals surface area contributed by atoms with Crippen molar-refractivity contribution in [1.82, 2.24) is 5.32 Å². The molecule has 1 aliphatic carbocycles. The van der Waals surface area contributed by atoms with E-state index in [0.29, 0.717) is 11.4 Å². The predicted molar refractivity (Wildman–Crippen MR) is 114 cm³/mol. The van der Waals surface area contributed by atoms with Crippen LogP contribution in [0.2, 0.25) is 0 Å². The third kappa shape index (κ3) is 6.22. The first kappa shape index (κ1) is 21.2. The molecule has 7 heteroatoms. The Bertz CT molecular complexity index is 918. The number of amides is 1. The molecule has 2 N–H and O–H groups in total. The van der Waals surface area contributed by atoms with E-state index in [-0.39, 0.29) is 23.5 Å². The van der Waals surface area contributed by atoms with Crippen LogP contribution in [0.15, 0.2) is 53.4 Å². The number of carbonyl (C=O) groups is 1. The highest BCUT2D eigenvalue weighted by atomic mass is 32.2. The van der Waals surface area contributed by atoms with Crippen LogP contribution >= 0.6 is 0 Å². The van der Waals surface area contributed by atoms with Crippen LogP contribution in [0.1, 0.15) is 44.1 Å². The van der Waals surface area contributed by atoms with Gasteiger partial charge in [0.1, 0.15) is 5.75 Å². The average molecular weight is 417 g/mol. The Labute approximate surface area is 172 Å². The van der Waals surface area contributed by atoms with Gasteiger partial charge in [0.2, 0.25) is 0 Å². The predicted octanol–water partition coefficient (Wildman–Crippen LogP) is 4.01. The maximum atomic E-state index is 12.6. The van der Waals surface area contributed by atoms with Gasteiger partial charge in [0.25, 0.3) is 15.9 Å². The molecule has 0 bridgehead atoms. The second-order valence-corrected chi connectivity index (χ2v) is 9.12. The van der Waals surface area contributed by atoms with Crippen molar-refractivity contribution in [3.63, 3.8) is 0 Å². The zero-order chi connectivity index (χ0) is 20.7. The summed E-state index contributed by atoms with van der Waals surface area (Å²) < 4.78 is 33.2. The van der Waals surface area contributed by atoms with Gasteiger partial charge in [-0.05, 0) is 55.7 Å². The summed E-state index contributed by atoms with van der Waals surface area (Å²) in [6, 6.07) is 13.5. The maximum absolute atomic E-state index is 12.6. The molecule has 0 unspecified atom stereocenters. The summed E-state index contributed by atoms with van der Waals surface area (Å²) in [4.78, 5) is 12.3. The van der Waals surface area contributed by atoms with E-state index in [9.17, 15) is 13.2 Å². The number of benzene rings is 2. The molecule has 1 aliphatic rings. The molecule has 0 atom stereocenters. The Kier molecular flexibility index (Phi) is 7.14. The molecule has 156 valence electrons. The van der Waals surface area contributed by atoms with Crippen LogP contribution in [0.5, 0.6) is 5.75 Å². The van der Waals surface area contributed by atoms with Gasteiger partial charge in [-0.1, -0.05) is 43.9 Å². The molecule has 6 nitrogen and oxygen atoms in total. The first-order valence-corrected chi connectivity index (χ1v) is 11.5. The first-order chi connectivity index (χ1) is 13.9. The molecule has 0 aliphatic heterocycles. The molecule has 3 rings (SSSR count). The molecule has 0 spiro atoms. The van der Waals surface area contributed by atoms with E-state index in [1.807, 2.05) is 19.1 Å². The molecular weight excluding hydrogens is 388 g/mol. The minimum Gasteiger partial charge on any atom is -0.484 e. The number of aryl methyl sites for hydroxylation is 1. The molecule has 0 heterocycles. The number of anilines is 1. The summed E-state index contributed by atoms with van der Waals surface area (Å²) in [5.74, 6) is 0.311. The van der Waals surface area contributed by atoms with Gasteiger partial charge in [0.15, 0.2) is 6.61 Å². The Hall–Kier alpha value is -2.54. The quantitative estimate of drug-likeness (QED) is 0.668. The summed E-state index contributed by atoms with van der Waals surface area (Å²) in [6.07, 6.45) is 6.81. The van der Waals surface area contributed by atoms with Crippen LogP contribution in [-0.4, -0.2) is 27.0 Å². The van der Waals surface area contributed by atoms with E-state index in [2.05, 4.69) is 10.0 Å². The molecule has 1 saturated carbocycles. The van der Waals surface area contributed by atoms with E-state index >= 15 is 0 Å². The van der Waals surface area contributed by atoms with Crippen LogP contribution < -0.4 is 14.8 Å². The number of carbonyl (C=O) groups excluding carboxylic acids is 1. The molecule has 0 aromatic heterocycles. The first-order valence-electron chi connectivity index (χ1n) is 10.0. The smallest absolute Gasteiger partial charge is 0.261 e. The number of para-hydroxylation sites is 1. The molecule has 1 amide bonds. The van der Waals surface area contributed by atoms with Gasteiger partial charge in [-0.25, -0.2) is 8.42 Å². The van der Waals surface area contributed by atoms with E-state index in [1.165, 1.54) is 25.0 Å². The second kappa shape index (κ2) is 9.78. The molecule has 0 radical (unpaired) electrons. The standard InChI is InChI=1S/C22H28N2O4S/c1-17-8-6-7-11-21(17)24-29(26,27)20-14-12-19(13-15-20)28-16-22(25)23-18-9-4-2-3-5-10-18/h6-8,11-15,18,24H,2-5,9-10,16H2,1H3,(H,23,25). The Balaban J connectivity index is 1.54. The topological polar surface area (TPSA) is 84.5 Å². The van der Waals surface area contributed by atoms with Crippen molar-refractivity contribution in [1.29, 1.82) is 0 Å². The van der Waals surface area contributed by atoms with E-state index in [1.54, 1.807) is 24.3 Å². The number of rotatable bonds is 7. The lowest BCUT2D eigenvalue weighted by Gasteiger charge is -2.16. The van der Waals surface area contributed by atoms with Crippen molar-refractivity contribution in [3.8, 4) is 5.75 Å². The monoisotopic (exact) mass is 416 g/mol. The van der Waals surface area contributed by atoms with Gasteiger partial charge < -0.3 is 10.1 Å². The van der Waals surface area contributed by atoms with E-state index < -0.39 is 10.0 Å². The Morgan fingerprint density at radius 2 is 1.66 bits per heavy atom. The third-order valence-electron chi connectivity index (χ3n) is 5.11. The highest BCUT2D eigenvalue weighted by Gasteiger charge is 2.17. The van der Waals surface area contributed by atoms with Gasteiger partial charge in [-0.15, -0.1) is 0 Å². The Morgan fingerprint density at radius 1 is 1.00 bits per heavy atom. The zero-order valence-corrected chi connectivity index (χ0v) is 17.5. The van der Waals surface area contributed by atoms with Crippen molar-refractivity contribution in [3.05, 3.63) is 54.1 Å². The van der Waals surface area contributed by atoms with Crippen molar-refractivity contribution in [2.45, 2.75) is 56.4 Å². The van der Waals surface area contributed by atoms with Gasteiger partial charge >= 0.3 is 0 Å². The normalized spacial score (nSPS) is 15.3. The van der Waals surface area contributed by atoms with Crippen molar-refractivity contribution in [2.75, 3.05) is 11.3 Å². The molecule has 2 aromatic rings. The van der Waals surface area contributed by atoms with Crippen LogP contribution in [0.3, 0.4) is 0 Å². The highest BCUT2D eigenvalue weighted by molar-refractivity contribution is 7.92. The molecule has 29 heavy (non-hydrogen) atoms. The SMILES string of the molecule is Cc1ccccc1NS(=O)(=O)c1ccc(OCC(=O)NC2CCCCCC2)cc1. The van der Waals surface area contributed by atoms with E-state index in [4.69, 9.17) is 4.74 Å². The minimum absolute atomic E-state index is 0.0793. The summed E-state index contributed by atoms with van der Waals surface area (Å²) >= 11 is 0. The van der Waals surface area contributed by atoms with Crippen molar-refractivity contribution in [2.24, 2.45) is 0 Å². The number of hydrogen-bond donors (Lipinski definition) is 2. The fourth-order valence-electron chi connectivity index (χ4n) is 3.45. The van der Waals surface area contributed by atoms with Crippen LogP contribution in [0.25, 0.3) is 0 Å². The summed E-state index contributed by atoms with van der Waals surface area (Å²) in [5, 5.41) is 3.03. The highest BCUT2D eigenvalue weighted by Crippen LogP contribution is 2.21. The lowest BCUT2D eigenvalue weighted by atomic mass is 10.1. The molecule has 0 saturated heterocycles. The van der Waals surface area contributed by atoms with Gasteiger partial charge in [0.05, 0.1) is 10.6 Å². The zero-order valence-electron chi connectivity index (χ0n) is 16.7. The summed E-state index contributed by atoms with van der Waals surface area (Å²) in [7, 11) is -3.69. The van der Waals surface area contributed by atoms with Gasteiger partial charge in [-0.2, -0.15) is 0 Å².